The molecule has 3 rings (SSSR count). The second-order valence-corrected chi connectivity index (χ2v) is 10.0. The van der Waals surface area contributed by atoms with Gasteiger partial charge in [-0.2, -0.15) is 4.72 Å². The van der Waals surface area contributed by atoms with Crippen LogP contribution >= 0.6 is 11.6 Å². The molecule has 1 aliphatic heterocycles. The first-order chi connectivity index (χ1) is 15.5. The lowest BCUT2D eigenvalue weighted by atomic mass is 10.2. The first-order valence-corrected chi connectivity index (χ1v) is 12.3. The van der Waals surface area contributed by atoms with E-state index in [0.29, 0.717) is 43.4 Å². The van der Waals surface area contributed by atoms with Crippen LogP contribution in [-0.4, -0.2) is 62.3 Å². The van der Waals surface area contributed by atoms with Crippen molar-refractivity contribution in [1.29, 1.82) is 0 Å². The van der Waals surface area contributed by atoms with Gasteiger partial charge in [0.2, 0.25) is 21.8 Å². The predicted octanol–water partition coefficient (Wildman–Crippen LogP) is 2.45. The van der Waals surface area contributed by atoms with Gasteiger partial charge in [-0.25, -0.2) is 12.8 Å². The molecule has 2 aromatic rings. The summed E-state index contributed by atoms with van der Waals surface area (Å²) in [6.45, 7) is 5.46. The molecule has 1 fully saturated rings. The maximum Gasteiger partial charge on any atom is 0.241 e. The second kappa shape index (κ2) is 10.6. The first kappa shape index (κ1) is 25.1. The van der Waals surface area contributed by atoms with Gasteiger partial charge in [0, 0.05) is 50.4 Å². The molecule has 0 aromatic heterocycles. The number of anilines is 1. The molecular weight excluding hydrogens is 471 g/mol. The van der Waals surface area contributed by atoms with E-state index in [1.807, 2.05) is 0 Å². The number of amides is 2. The van der Waals surface area contributed by atoms with Crippen LogP contribution in [0.4, 0.5) is 10.1 Å². The Labute approximate surface area is 197 Å². The second-order valence-electron chi connectivity index (χ2n) is 7.89. The number of hydrogen-bond acceptors (Lipinski definition) is 5. The minimum atomic E-state index is -3.91. The minimum Gasteiger partial charge on any atom is -0.339 e. The topological polar surface area (TPSA) is 98.8 Å². The van der Waals surface area contributed by atoms with Gasteiger partial charge in [0.15, 0.2) is 0 Å². The number of piperazine rings is 1. The van der Waals surface area contributed by atoms with Gasteiger partial charge in [-0.05, 0) is 48.9 Å². The van der Waals surface area contributed by atoms with Crippen LogP contribution in [0.15, 0.2) is 47.4 Å². The van der Waals surface area contributed by atoms with E-state index in [2.05, 4.69) is 14.9 Å². The Morgan fingerprint density at radius 1 is 1.09 bits per heavy atom. The molecule has 0 radical (unpaired) electrons. The lowest BCUT2D eigenvalue weighted by Gasteiger charge is -2.36. The highest BCUT2D eigenvalue weighted by Gasteiger charge is 2.28. The zero-order chi connectivity index (χ0) is 24.2. The van der Waals surface area contributed by atoms with Crippen molar-refractivity contribution >= 4 is 39.1 Å². The molecule has 0 bridgehead atoms. The number of carbonyl (C=O) groups is 2. The van der Waals surface area contributed by atoms with E-state index < -0.39 is 16.1 Å². The van der Waals surface area contributed by atoms with Crippen molar-refractivity contribution in [3.63, 3.8) is 0 Å². The van der Waals surface area contributed by atoms with Gasteiger partial charge >= 0.3 is 0 Å². The summed E-state index contributed by atoms with van der Waals surface area (Å²) in [6, 6.07) is 9.04. The summed E-state index contributed by atoms with van der Waals surface area (Å²) in [4.78, 5) is 27.6. The number of rotatable bonds is 7. The number of carbonyl (C=O) groups excluding carboxylic acids is 2. The normalized spacial score (nSPS) is 15.8. The fourth-order valence-corrected chi connectivity index (χ4v) is 4.99. The maximum absolute atomic E-state index is 13.2. The van der Waals surface area contributed by atoms with E-state index in [0.717, 1.165) is 5.56 Å². The summed E-state index contributed by atoms with van der Waals surface area (Å²) in [5.41, 5.74) is 1.29. The summed E-state index contributed by atoms with van der Waals surface area (Å²) in [5.74, 6) is -0.962. The fraction of sp³-hybridized carbons (Fsp3) is 0.364. The molecule has 178 valence electrons. The molecule has 2 amide bonds. The molecule has 8 nitrogen and oxygen atoms in total. The minimum absolute atomic E-state index is 0.00255. The van der Waals surface area contributed by atoms with Crippen LogP contribution in [0.5, 0.6) is 0 Å². The van der Waals surface area contributed by atoms with Gasteiger partial charge in [-0.15, -0.1) is 0 Å². The molecule has 1 atom stereocenters. The number of halogens is 2. The number of hydrogen-bond donors (Lipinski definition) is 2. The van der Waals surface area contributed by atoms with E-state index in [9.17, 15) is 22.4 Å². The SMILES string of the molecule is CC(=O)Nc1ccc(S(=O)(=O)N[C@@H](C)C(=O)N2CCN(Cc3ccc(F)cc3Cl)CC2)cc1. The van der Waals surface area contributed by atoms with E-state index in [1.54, 1.807) is 11.0 Å². The van der Waals surface area contributed by atoms with Gasteiger partial charge in [0.05, 0.1) is 10.9 Å². The van der Waals surface area contributed by atoms with Crippen molar-refractivity contribution in [2.45, 2.75) is 31.3 Å². The summed E-state index contributed by atoms with van der Waals surface area (Å²) in [5, 5.41) is 2.93. The summed E-state index contributed by atoms with van der Waals surface area (Å²) >= 11 is 6.10. The van der Waals surface area contributed by atoms with Crippen LogP contribution in [0.2, 0.25) is 5.02 Å². The molecule has 0 saturated carbocycles. The van der Waals surface area contributed by atoms with Gasteiger partial charge < -0.3 is 10.2 Å². The Hall–Kier alpha value is -2.53. The molecule has 0 unspecified atom stereocenters. The van der Waals surface area contributed by atoms with Crippen LogP contribution in [0.3, 0.4) is 0 Å². The van der Waals surface area contributed by atoms with Crippen molar-refractivity contribution < 1.29 is 22.4 Å². The Morgan fingerprint density at radius 3 is 2.30 bits per heavy atom. The third-order valence-corrected chi connectivity index (χ3v) is 7.19. The van der Waals surface area contributed by atoms with Crippen molar-refractivity contribution in [3.8, 4) is 0 Å². The Kier molecular flexibility index (Phi) is 8.06. The average molecular weight is 497 g/mol. The van der Waals surface area contributed by atoms with Crippen molar-refractivity contribution in [2.24, 2.45) is 0 Å². The van der Waals surface area contributed by atoms with Crippen molar-refractivity contribution in [1.82, 2.24) is 14.5 Å². The third kappa shape index (κ3) is 6.73. The first-order valence-electron chi connectivity index (χ1n) is 10.4. The van der Waals surface area contributed by atoms with Crippen LogP contribution in [0.1, 0.15) is 19.4 Å². The summed E-state index contributed by atoms with van der Waals surface area (Å²) in [7, 11) is -3.91. The number of nitrogens with one attached hydrogen (secondary N) is 2. The lowest BCUT2D eigenvalue weighted by molar-refractivity contribution is -0.134. The molecule has 1 saturated heterocycles. The van der Waals surface area contributed by atoms with Gasteiger partial charge in [-0.3, -0.25) is 14.5 Å². The fourth-order valence-electron chi connectivity index (χ4n) is 3.56. The van der Waals surface area contributed by atoms with Crippen LogP contribution in [0.25, 0.3) is 0 Å². The third-order valence-electron chi connectivity index (χ3n) is 5.28. The predicted molar refractivity (Wildman–Crippen MR) is 124 cm³/mol. The molecule has 1 heterocycles. The van der Waals surface area contributed by atoms with Crippen molar-refractivity contribution in [2.75, 3.05) is 31.5 Å². The van der Waals surface area contributed by atoms with Crippen molar-refractivity contribution in [3.05, 3.63) is 58.9 Å². The van der Waals surface area contributed by atoms with Crippen LogP contribution in [-0.2, 0) is 26.2 Å². The zero-order valence-corrected chi connectivity index (χ0v) is 19.9. The van der Waals surface area contributed by atoms with Gasteiger partial charge in [0.1, 0.15) is 5.82 Å². The number of benzene rings is 2. The summed E-state index contributed by atoms with van der Waals surface area (Å²) < 4.78 is 41.0. The zero-order valence-electron chi connectivity index (χ0n) is 18.3. The molecule has 11 heteroatoms. The Morgan fingerprint density at radius 2 is 1.73 bits per heavy atom. The monoisotopic (exact) mass is 496 g/mol. The maximum atomic E-state index is 13.2. The van der Waals surface area contributed by atoms with E-state index in [4.69, 9.17) is 11.6 Å². The molecule has 2 N–H and O–H groups in total. The van der Waals surface area contributed by atoms with Crippen LogP contribution < -0.4 is 10.0 Å². The van der Waals surface area contributed by atoms with Gasteiger partial charge in [0.25, 0.3) is 0 Å². The molecule has 2 aromatic carbocycles. The largest absolute Gasteiger partial charge is 0.339 e. The van der Waals surface area contributed by atoms with Gasteiger partial charge in [-0.1, -0.05) is 17.7 Å². The average Bonchev–Trinajstić information content (AvgIpc) is 2.75. The molecule has 33 heavy (non-hydrogen) atoms. The molecular formula is C22H26ClFN4O4S. The Balaban J connectivity index is 1.54. The molecule has 1 aliphatic rings. The number of sulfonamides is 1. The highest BCUT2D eigenvalue weighted by molar-refractivity contribution is 7.89. The number of nitrogens with zero attached hydrogens (tertiary/aromatic N) is 2. The highest BCUT2D eigenvalue weighted by atomic mass is 35.5. The standard InChI is InChI=1S/C22H26ClFN4O4S/c1-15(26-33(31,32)20-7-5-19(6-8-20)25-16(2)29)22(30)28-11-9-27(10-12-28)14-17-3-4-18(24)13-21(17)23/h3-8,13,15,26H,9-12,14H2,1-2H3,(H,25,29)/t15-/m0/s1. The molecule has 0 aliphatic carbocycles. The summed E-state index contributed by atoms with van der Waals surface area (Å²) in [6.07, 6.45) is 0. The Bertz CT molecular complexity index is 1120. The smallest absolute Gasteiger partial charge is 0.241 e. The van der Waals surface area contributed by atoms with E-state index in [-0.39, 0.29) is 22.5 Å². The highest BCUT2D eigenvalue weighted by Crippen LogP contribution is 2.20. The van der Waals surface area contributed by atoms with Crippen LogP contribution in [0, 0.1) is 5.82 Å². The molecule has 0 spiro atoms. The van der Waals surface area contributed by atoms with E-state index >= 15 is 0 Å². The quantitative estimate of drug-likeness (QED) is 0.613. The van der Waals surface area contributed by atoms with E-state index in [1.165, 1.54) is 50.2 Å². The lowest BCUT2D eigenvalue weighted by Crippen LogP contribution is -2.53.